The molecule has 0 saturated carbocycles. The average Bonchev–Trinajstić information content (AvgIpc) is 3.09. The molecule has 0 spiro atoms. The van der Waals surface area contributed by atoms with Gasteiger partial charge in [-0.15, -0.1) is 0 Å². The molecule has 0 saturated heterocycles. The zero-order valence-electron chi connectivity index (χ0n) is 19.4. The molecule has 0 aliphatic carbocycles. The summed E-state index contributed by atoms with van der Waals surface area (Å²) >= 11 is 6.30. The molecule has 0 radical (unpaired) electrons. The van der Waals surface area contributed by atoms with E-state index in [1.54, 1.807) is 35.3 Å². The second-order valence-electron chi connectivity index (χ2n) is 8.05. The van der Waals surface area contributed by atoms with Crippen LogP contribution in [0.1, 0.15) is 35.3 Å². The lowest BCUT2D eigenvalue weighted by Crippen LogP contribution is -2.30. The van der Waals surface area contributed by atoms with Gasteiger partial charge in [0, 0.05) is 28.9 Å². The van der Waals surface area contributed by atoms with Gasteiger partial charge < -0.3 is 9.88 Å². The molecule has 7 nitrogen and oxygen atoms in total. The summed E-state index contributed by atoms with van der Waals surface area (Å²) in [7, 11) is 0. The normalized spacial score (nSPS) is 11.4. The zero-order valence-corrected chi connectivity index (χ0v) is 20.1. The number of carbonyl (C=O) groups is 1. The van der Waals surface area contributed by atoms with Crippen molar-refractivity contribution in [2.75, 3.05) is 6.54 Å². The van der Waals surface area contributed by atoms with Crippen LogP contribution in [0.4, 0.5) is 0 Å². The lowest BCUT2D eigenvalue weighted by Gasteiger charge is -2.18. The van der Waals surface area contributed by atoms with E-state index in [-0.39, 0.29) is 18.0 Å². The first-order chi connectivity index (χ1) is 16.4. The molecule has 0 aliphatic heterocycles. The van der Waals surface area contributed by atoms with Crippen LogP contribution in [0.15, 0.2) is 59.4 Å². The number of carbonyl (C=O) groups excluding carboxylic acids is 1. The fraction of sp³-hybridized carbons (Fsp3) is 0.231. The topological polar surface area (TPSA) is 83.9 Å². The maximum Gasteiger partial charge on any atom is 0.258 e. The van der Waals surface area contributed by atoms with Crippen LogP contribution in [0.2, 0.25) is 5.02 Å². The van der Waals surface area contributed by atoms with E-state index >= 15 is 0 Å². The van der Waals surface area contributed by atoms with Gasteiger partial charge in [-0.25, -0.2) is 4.98 Å². The minimum atomic E-state index is -0.211. The summed E-state index contributed by atoms with van der Waals surface area (Å²) in [6, 6.07) is 14.8. The third-order valence-corrected chi connectivity index (χ3v) is 6.17. The molecule has 0 aliphatic rings. The number of aromatic amines is 1. The summed E-state index contributed by atoms with van der Waals surface area (Å²) in [6.07, 6.45) is 3.34. The quantitative estimate of drug-likeness (QED) is 0.399. The van der Waals surface area contributed by atoms with E-state index < -0.39 is 0 Å². The number of aryl methyl sites for hydroxylation is 1. The smallest absolute Gasteiger partial charge is 0.258 e. The predicted octanol–water partition coefficient (Wildman–Crippen LogP) is 4.50. The molecule has 2 aromatic heterocycles. The minimum Gasteiger partial charge on any atom is -0.332 e. The predicted molar refractivity (Wildman–Crippen MR) is 135 cm³/mol. The first kappa shape index (κ1) is 23.4. The van der Waals surface area contributed by atoms with Crippen LogP contribution in [0.25, 0.3) is 17.0 Å². The van der Waals surface area contributed by atoms with E-state index in [0.29, 0.717) is 34.8 Å². The van der Waals surface area contributed by atoms with E-state index in [9.17, 15) is 9.59 Å². The molecule has 0 unspecified atom stereocenters. The van der Waals surface area contributed by atoms with Gasteiger partial charge >= 0.3 is 0 Å². The molecule has 0 atom stereocenters. The highest BCUT2D eigenvalue weighted by atomic mass is 35.5. The lowest BCUT2D eigenvalue weighted by atomic mass is 10.1. The van der Waals surface area contributed by atoms with Crippen LogP contribution in [-0.2, 0) is 17.9 Å². The van der Waals surface area contributed by atoms with Gasteiger partial charge in [0.25, 0.3) is 5.56 Å². The van der Waals surface area contributed by atoms with Crippen LogP contribution in [0.3, 0.4) is 0 Å². The number of amides is 1. The van der Waals surface area contributed by atoms with Gasteiger partial charge in [0.05, 0.1) is 29.7 Å². The molecule has 4 rings (SSSR count). The van der Waals surface area contributed by atoms with Crippen molar-refractivity contribution >= 4 is 34.5 Å². The number of fused-ring (bicyclic) bond motifs is 1. The molecule has 0 fully saturated rings. The number of nitrogens with zero attached hydrogens (tertiary/aromatic N) is 4. The molecule has 2 aromatic carbocycles. The molecule has 1 amide bonds. The number of para-hydroxylation sites is 1. The average molecular weight is 476 g/mol. The van der Waals surface area contributed by atoms with E-state index in [0.717, 1.165) is 22.5 Å². The van der Waals surface area contributed by atoms with Crippen LogP contribution in [-0.4, -0.2) is 37.1 Å². The van der Waals surface area contributed by atoms with Gasteiger partial charge in [0.2, 0.25) is 5.91 Å². The minimum absolute atomic E-state index is 0.170. The maximum atomic E-state index is 12.9. The highest BCUT2D eigenvalue weighted by molar-refractivity contribution is 6.31. The molecular formula is C26H26ClN5O2. The Balaban J connectivity index is 1.52. The van der Waals surface area contributed by atoms with Crippen LogP contribution >= 0.6 is 11.6 Å². The highest BCUT2D eigenvalue weighted by Crippen LogP contribution is 2.20. The molecule has 34 heavy (non-hydrogen) atoms. The number of aromatic nitrogens is 4. The van der Waals surface area contributed by atoms with Crippen molar-refractivity contribution in [3.05, 3.63) is 98.3 Å². The molecule has 1 N–H and O–H groups in total. The fourth-order valence-corrected chi connectivity index (χ4v) is 4.09. The van der Waals surface area contributed by atoms with Gasteiger partial charge in [-0.05, 0) is 50.6 Å². The monoisotopic (exact) mass is 475 g/mol. The van der Waals surface area contributed by atoms with Crippen molar-refractivity contribution in [1.29, 1.82) is 0 Å². The Morgan fingerprint density at radius 2 is 1.88 bits per heavy atom. The Morgan fingerprint density at radius 3 is 2.65 bits per heavy atom. The third-order valence-electron chi connectivity index (χ3n) is 5.80. The summed E-state index contributed by atoms with van der Waals surface area (Å²) in [5.74, 6) is 0.281. The van der Waals surface area contributed by atoms with Gasteiger partial charge in [-0.1, -0.05) is 41.9 Å². The van der Waals surface area contributed by atoms with E-state index in [2.05, 4.69) is 15.1 Å². The SMILES string of the molecule is CCN(Cc1nc2ccccc2c(=O)[nH]1)C(=O)/C=C/c1c(C)nn(Cc2ccccc2Cl)c1C. The molecule has 0 bridgehead atoms. The van der Waals surface area contributed by atoms with Gasteiger partial charge in [0.15, 0.2) is 0 Å². The summed E-state index contributed by atoms with van der Waals surface area (Å²) in [4.78, 5) is 34.2. The van der Waals surface area contributed by atoms with Crippen molar-refractivity contribution in [2.24, 2.45) is 0 Å². The molecular weight excluding hydrogens is 450 g/mol. The number of hydrogen-bond donors (Lipinski definition) is 1. The van der Waals surface area contributed by atoms with Crippen LogP contribution < -0.4 is 5.56 Å². The molecule has 2 heterocycles. The van der Waals surface area contributed by atoms with E-state index in [4.69, 9.17) is 11.6 Å². The number of likely N-dealkylation sites (N-methyl/N-ethyl adjacent to an activating group) is 1. The van der Waals surface area contributed by atoms with Crippen LogP contribution in [0, 0.1) is 13.8 Å². The zero-order chi connectivity index (χ0) is 24.2. The maximum absolute atomic E-state index is 12.9. The van der Waals surface area contributed by atoms with Gasteiger partial charge in [-0.2, -0.15) is 5.10 Å². The number of rotatable bonds is 7. The largest absolute Gasteiger partial charge is 0.332 e. The van der Waals surface area contributed by atoms with Crippen molar-refractivity contribution < 1.29 is 4.79 Å². The summed E-state index contributed by atoms with van der Waals surface area (Å²) in [6.45, 7) is 7.02. The number of hydrogen-bond acceptors (Lipinski definition) is 4. The van der Waals surface area contributed by atoms with Crippen molar-refractivity contribution in [3.63, 3.8) is 0 Å². The summed E-state index contributed by atoms with van der Waals surface area (Å²) < 4.78 is 1.89. The first-order valence-corrected chi connectivity index (χ1v) is 11.5. The van der Waals surface area contributed by atoms with Crippen LogP contribution in [0.5, 0.6) is 0 Å². The van der Waals surface area contributed by atoms with Gasteiger partial charge in [0.1, 0.15) is 5.82 Å². The van der Waals surface area contributed by atoms with Crippen molar-refractivity contribution in [3.8, 4) is 0 Å². The van der Waals surface area contributed by atoms with Crippen molar-refractivity contribution in [2.45, 2.75) is 33.9 Å². The summed E-state index contributed by atoms with van der Waals surface area (Å²) in [5, 5.41) is 5.85. The molecule has 174 valence electrons. The number of halogens is 1. The lowest BCUT2D eigenvalue weighted by molar-refractivity contribution is -0.126. The standard InChI is InChI=1S/C26H26ClN5O2/c1-4-31(16-24-28-23-12-8-6-10-21(23)26(34)29-24)25(33)14-13-20-17(2)30-32(18(20)3)15-19-9-5-7-11-22(19)27/h5-14H,4,15-16H2,1-3H3,(H,28,29,34)/b14-13+. The van der Waals surface area contributed by atoms with Gasteiger partial charge in [-0.3, -0.25) is 14.3 Å². The van der Waals surface area contributed by atoms with Crippen molar-refractivity contribution in [1.82, 2.24) is 24.6 Å². The summed E-state index contributed by atoms with van der Waals surface area (Å²) in [5.41, 5.74) is 4.06. The Bertz CT molecular complexity index is 1440. The second-order valence-corrected chi connectivity index (χ2v) is 8.46. The Hall–Kier alpha value is -3.71. The highest BCUT2D eigenvalue weighted by Gasteiger charge is 2.14. The molecule has 8 heteroatoms. The Labute approximate surface area is 202 Å². The Kier molecular flexibility index (Phi) is 6.93. The van der Waals surface area contributed by atoms with E-state index in [1.165, 1.54) is 0 Å². The number of H-pyrrole nitrogens is 1. The molecule has 4 aromatic rings. The number of nitrogens with one attached hydrogen (secondary N) is 1. The second kappa shape index (κ2) is 10.1. The Morgan fingerprint density at radius 1 is 1.15 bits per heavy atom. The number of benzene rings is 2. The first-order valence-electron chi connectivity index (χ1n) is 11.1. The fourth-order valence-electron chi connectivity index (χ4n) is 3.89. The third kappa shape index (κ3) is 4.94. The van der Waals surface area contributed by atoms with E-state index in [1.807, 2.05) is 55.8 Å².